The summed E-state index contributed by atoms with van der Waals surface area (Å²) in [6, 6.07) is 22.0. The Morgan fingerprint density at radius 3 is 2.32 bits per heavy atom. The first-order chi connectivity index (χ1) is 17.7. The number of hydrogen-bond donors (Lipinski definition) is 1. The highest BCUT2D eigenvalue weighted by molar-refractivity contribution is 5.60. The van der Waals surface area contributed by atoms with Crippen LogP contribution in [0.2, 0.25) is 0 Å². The maximum Gasteiger partial charge on any atom is 0.191 e. The minimum absolute atomic E-state index is 0.0286. The van der Waals surface area contributed by atoms with E-state index in [0.29, 0.717) is 24.0 Å². The normalized spacial score (nSPS) is 22.5. The first-order valence-electron chi connectivity index (χ1n) is 12.5. The zero-order valence-electron chi connectivity index (χ0n) is 21.8. The van der Waals surface area contributed by atoms with Gasteiger partial charge in [-0.25, -0.2) is 0 Å². The third kappa shape index (κ3) is 4.54. The van der Waals surface area contributed by atoms with E-state index in [9.17, 15) is 15.8 Å². The van der Waals surface area contributed by atoms with Crippen molar-refractivity contribution in [2.75, 3.05) is 7.11 Å². The Balaban J connectivity index is 1.82. The summed E-state index contributed by atoms with van der Waals surface area (Å²) in [5, 5.41) is 30.8. The molecule has 4 rings (SSSR count). The third-order valence-corrected chi connectivity index (χ3v) is 7.89. The average molecular weight is 493 g/mol. The van der Waals surface area contributed by atoms with Crippen LogP contribution in [0.1, 0.15) is 50.7 Å². The van der Waals surface area contributed by atoms with Gasteiger partial charge in [0.05, 0.1) is 30.5 Å². The maximum absolute atomic E-state index is 10.4. The predicted octanol–water partition coefficient (Wildman–Crippen LogP) is 6.14. The third-order valence-electron chi connectivity index (χ3n) is 7.89. The molecule has 6 nitrogen and oxygen atoms in total. The van der Waals surface area contributed by atoms with Crippen molar-refractivity contribution in [3.8, 4) is 29.7 Å². The lowest BCUT2D eigenvalue weighted by atomic mass is 9.54. The fourth-order valence-corrected chi connectivity index (χ4v) is 5.71. The topological polar surface area (TPSA) is 116 Å². The molecule has 0 aliphatic heterocycles. The van der Waals surface area contributed by atoms with Gasteiger partial charge in [-0.1, -0.05) is 63.2 Å². The van der Waals surface area contributed by atoms with E-state index < -0.39 is 11.3 Å². The number of hydrogen-bond acceptors (Lipinski definition) is 6. The van der Waals surface area contributed by atoms with Gasteiger partial charge < -0.3 is 15.2 Å². The van der Waals surface area contributed by atoms with Gasteiger partial charge in [-0.05, 0) is 58.9 Å². The quantitative estimate of drug-likeness (QED) is 0.536. The molecule has 2 aromatic carbocycles. The van der Waals surface area contributed by atoms with Crippen LogP contribution in [0.15, 0.2) is 71.5 Å². The Bertz CT molecular complexity index is 1350. The van der Waals surface area contributed by atoms with Crippen molar-refractivity contribution < 1.29 is 9.47 Å². The second kappa shape index (κ2) is 10.0. The Morgan fingerprint density at radius 1 is 1.03 bits per heavy atom. The van der Waals surface area contributed by atoms with E-state index in [-0.39, 0.29) is 22.6 Å². The number of nitrogens with two attached hydrogens (primary N) is 1. The fraction of sp³-hybridized carbons (Fsp3) is 0.387. The monoisotopic (exact) mass is 492 g/mol. The molecule has 188 valence electrons. The van der Waals surface area contributed by atoms with E-state index in [1.165, 1.54) is 0 Å². The van der Waals surface area contributed by atoms with Gasteiger partial charge in [-0.15, -0.1) is 0 Å². The molecule has 0 bridgehead atoms. The Morgan fingerprint density at radius 2 is 1.73 bits per heavy atom. The molecule has 2 N–H and O–H groups in total. The van der Waals surface area contributed by atoms with Crippen LogP contribution in [0.25, 0.3) is 0 Å². The minimum Gasteiger partial charge on any atom is -0.493 e. The van der Waals surface area contributed by atoms with Crippen LogP contribution < -0.4 is 15.2 Å². The van der Waals surface area contributed by atoms with Gasteiger partial charge in [-0.2, -0.15) is 15.8 Å². The summed E-state index contributed by atoms with van der Waals surface area (Å²) in [5.74, 6) is 0.640. The molecule has 0 spiro atoms. The van der Waals surface area contributed by atoms with Gasteiger partial charge in [0, 0.05) is 5.92 Å². The van der Waals surface area contributed by atoms with Gasteiger partial charge in [0.1, 0.15) is 12.7 Å². The summed E-state index contributed by atoms with van der Waals surface area (Å²) in [4.78, 5) is 0. The molecule has 0 saturated carbocycles. The molecule has 2 aromatic rings. The fourth-order valence-electron chi connectivity index (χ4n) is 5.71. The van der Waals surface area contributed by atoms with Crippen LogP contribution in [0.5, 0.6) is 11.5 Å². The van der Waals surface area contributed by atoms with E-state index >= 15 is 0 Å². The largest absolute Gasteiger partial charge is 0.493 e. The first-order valence-corrected chi connectivity index (χ1v) is 12.5. The van der Waals surface area contributed by atoms with Crippen molar-refractivity contribution >= 4 is 0 Å². The molecule has 0 fully saturated rings. The van der Waals surface area contributed by atoms with Crippen LogP contribution in [-0.2, 0) is 6.61 Å². The van der Waals surface area contributed by atoms with Crippen LogP contribution in [0.4, 0.5) is 0 Å². The zero-order chi connectivity index (χ0) is 26.8. The highest BCUT2D eigenvalue weighted by Gasteiger charge is 2.55. The van der Waals surface area contributed by atoms with Crippen molar-refractivity contribution in [1.82, 2.24) is 0 Å². The lowest BCUT2D eigenvalue weighted by Crippen LogP contribution is -2.44. The Hall–Kier alpha value is -4.21. The summed E-state index contributed by atoms with van der Waals surface area (Å²) in [5.41, 5.74) is 7.76. The molecule has 6 heteroatoms. The lowest BCUT2D eigenvalue weighted by Gasteiger charge is -2.47. The number of ether oxygens (including phenoxy) is 2. The summed E-state index contributed by atoms with van der Waals surface area (Å²) in [7, 11) is 1.57. The molecule has 0 heterocycles. The molecule has 0 aromatic heterocycles. The molecule has 2 aliphatic carbocycles. The molecule has 37 heavy (non-hydrogen) atoms. The molecule has 2 aliphatic rings. The highest BCUT2D eigenvalue weighted by atomic mass is 16.5. The lowest BCUT2D eigenvalue weighted by molar-refractivity contribution is 0.170. The summed E-state index contributed by atoms with van der Waals surface area (Å²) in [6.07, 6.45) is 3.66. The van der Waals surface area contributed by atoms with Gasteiger partial charge in [0.25, 0.3) is 0 Å². The molecule has 0 radical (unpaired) electrons. The van der Waals surface area contributed by atoms with E-state index in [0.717, 1.165) is 29.5 Å². The number of benzene rings is 2. The SMILES string of the molecule is COc1cc([C@H]2[C@H]3C[C@H](C(C)(C)C)CC=C3C(C#N)=C(N)C2(C#N)C#N)ccc1OCc1ccccc1. The van der Waals surface area contributed by atoms with Crippen molar-refractivity contribution in [1.29, 1.82) is 15.8 Å². The van der Waals surface area contributed by atoms with E-state index in [1.54, 1.807) is 7.11 Å². The second-order valence-corrected chi connectivity index (χ2v) is 10.9. The molecular weight excluding hydrogens is 460 g/mol. The van der Waals surface area contributed by atoms with Crippen LogP contribution in [-0.4, -0.2) is 7.11 Å². The summed E-state index contributed by atoms with van der Waals surface area (Å²) < 4.78 is 11.7. The molecular formula is C31H32N4O2. The predicted molar refractivity (Wildman–Crippen MR) is 141 cm³/mol. The first kappa shape index (κ1) is 25.9. The standard InChI is InChI=1S/C31H32N4O2/c1-30(2,3)22-11-12-23-24(15-22)28(31(18-33,19-34)29(35)25(23)16-32)21-10-13-26(27(14-21)36-4)37-17-20-8-6-5-7-9-20/h5-10,12-14,22,24,28H,11,15,17,35H2,1-4H3/t22-,24+,28+/m1/s1. The van der Waals surface area contributed by atoms with Crippen molar-refractivity contribution in [3.63, 3.8) is 0 Å². The van der Waals surface area contributed by atoms with E-state index in [1.807, 2.05) is 48.5 Å². The van der Waals surface area contributed by atoms with E-state index in [2.05, 4.69) is 45.1 Å². The van der Waals surface area contributed by atoms with Gasteiger partial charge >= 0.3 is 0 Å². The Labute approximate surface area is 219 Å². The summed E-state index contributed by atoms with van der Waals surface area (Å²) >= 11 is 0. The second-order valence-electron chi connectivity index (χ2n) is 10.9. The summed E-state index contributed by atoms with van der Waals surface area (Å²) in [6.45, 7) is 6.98. The number of rotatable bonds is 5. The van der Waals surface area contributed by atoms with Crippen molar-refractivity contribution in [2.45, 2.75) is 46.1 Å². The van der Waals surface area contributed by atoms with Crippen LogP contribution in [0, 0.1) is 56.7 Å². The Kier molecular flexibility index (Phi) is 7.02. The molecule has 0 unspecified atom stereocenters. The van der Waals surface area contributed by atoms with Crippen LogP contribution >= 0.6 is 0 Å². The highest BCUT2D eigenvalue weighted by Crippen LogP contribution is 2.58. The number of fused-ring (bicyclic) bond motifs is 1. The smallest absolute Gasteiger partial charge is 0.191 e. The van der Waals surface area contributed by atoms with Crippen molar-refractivity contribution in [2.24, 2.45) is 28.4 Å². The van der Waals surface area contributed by atoms with Gasteiger partial charge in [-0.3, -0.25) is 0 Å². The average Bonchev–Trinajstić information content (AvgIpc) is 2.91. The number of nitrogens with zero attached hydrogens (tertiary/aromatic N) is 3. The molecule has 3 atom stereocenters. The number of allylic oxidation sites excluding steroid dienone is 4. The number of methoxy groups -OCH3 is 1. The maximum atomic E-state index is 10.4. The van der Waals surface area contributed by atoms with Gasteiger partial charge in [0.2, 0.25) is 0 Å². The minimum atomic E-state index is -1.68. The molecule has 0 saturated heterocycles. The van der Waals surface area contributed by atoms with Crippen LogP contribution in [0.3, 0.4) is 0 Å². The van der Waals surface area contributed by atoms with Crippen molar-refractivity contribution in [3.05, 3.63) is 82.6 Å². The zero-order valence-corrected chi connectivity index (χ0v) is 21.8. The van der Waals surface area contributed by atoms with Gasteiger partial charge in [0.15, 0.2) is 16.9 Å². The van der Waals surface area contributed by atoms with E-state index in [4.69, 9.17) is 15.2 Å². The number of nitriles is 3. The molecule has 0 amide bonds.